The first-order valence-corrected chi connectivity index (χ1v) is 12.0. The molecule has 0 saturated carbocycles. The van der Waals surface area contributed by atoms with Crippen molar-refractivity contribution < 1.29 is 5.11 Å². The van der Waals surface area contributed by atoms with Gasteiger partial charge in [0.1, 0.15) is 16.3 Å². The molecule has 1 aliphatic carbocycles. The van der Waals surface area contributed by atoms with Crippen LogP contribution < -0.4 is 4.90 Å². The number of β-amino-alcohol motifs (C(OH)–C–C–N with tert-alkyl or cyclic N) is 1. The van der Waals surface area contributed by atoms with Crippen molar-refractivity contribution in [3.05, 3.63) is 29.0 Å². The van der Waals surface area contributed by atoms with E-state index in [9.17, 15) is 5.11 Å². The van der Waals surface area contributed by atoms with E-state index < -0.39 is 5.60 Å². The second-order valence-corrected chi connectivity index (χ2v) is 10.5. The largest absolute Gasteiger partial charge is 0.389 e. The highest BCUT2D eigenvalue weighted by molar-refractivity contribution is 7.19. The van der Waals surface area contributed by atoms with Gasteiger partial charge in [-0.15, -0.1) is 11.3 Å². The molecule has 0 bridgehead atoms. The molecule has 31 heavy (non-hydrogen) atoms. The van der Waals surface area contributed by atoms with Gasteiger partial charge in [-0.1, -0.05) is 0 Å². The zero-order valence-electron chi connectivity index (χ0n) is 18.5. The molecule has 1 aliphatic heterocycles. The molecule has 0 aromatic carbocycles. The summed E-state index contributed by atoms with van der Waals surface area (Å²) in [4.78, 5) is 26.0. The molecule has 0 radical (unpaired) electrons. The molecule has 164 valence electrons. The molecular formula is C23H30N6OS. The third-order valence-corrected chi connectivity index (χ3v) is 7.37. The van der Waals surface area contributed by atoms with Crippen LogP contribution in [-0.2, 0) is 12.8 Å². The van der Waals surface area contributed by atoms with E-state index in [1.165, 1.54) is 28.7 Å². The molecule has 3 aromatic rings. The lowest BCUT2D eigenvalue weighted by molar-refractivity contribution is 0.0307. The van der Waals surface area contributed by atoms with E-state index in [1.807, 2.05) is 25.2 Å². The Bertz CT molecular complexity index is 1080. The van der Waals surface area contributed by atoms with E-state index in [0.717, 1.165) is 43.1 Å². The average Bonchev–Trinajstić information content (AvgIpc) is 3.11. The predicted octanol–water partition coefficient (Wildman–Crippen LogP) is 3.31. The van der Waals surface area contributed by atoms with Crippen LogP contribution in [-0.4, -0.2) is 67.8 Å². The molecule has 3 aromatic heterocycles. The van der Waals surface area contributed by atoms with E-state index in [1.54, 1.807) is 18.6 Å². The van der Waals surface area contributed by atoms with Crippen LogP contribution in [0.3, 0.4) is 0 Å². The number of hydrogen-bond donors (Lipinski definition) is 1. The summed E-state index contributed by atoms with van der Waals surface area (Å²) < 4.78 is 0. The molecule has 2 aliphatic rings. The SMILES string of the molecule is CC1CN(CC(C)(C)O)CCN1c1nc(-c2cnccn2)nc2sc3c(c12)CCCC3. The summed E-state index contributed by atoms with van der Waals surface area (Å²) in [6.45, 7) is 9.39. The van der Waals surface area contributed by atoms with Gasteiger partial charge in [0.2, 0.25) is 0 Å². The third-order valence-electron chi connectivity index (χ3n) is 6.18. The molecule has 1 saturated heterocycles. The van der Waals surface area contributed by atoms with Crippen LogP contribution in [0.15, 0.2) is 18.6 Å². The molecule has 8 heteroatoms. The van der Waals surface area contributed by atoms with Crippen LogP contribution in [0.1, 0.15) is 44.1 Å². The van der Waals surface area contributed by atoms with Gasteiger partial charge in [-0.3, -0.25) is 9.88 Å². The van der Waals surface area contributed by atoms with Crippen molar-refractivity contribution in [3.8, 4) is 11.5 Å². The van der Waals surface area contributed by atoms with Crippen LogP contribution in [0, 0.1) is 0 Å². The fourth-order valence-corrected chi connectivity index (χ4v) is 6.17. The highest BCUT2D eigenvalue weighted by Crippen LogP contribution is 2.41. The van der Waals surface area contributed by atoms with Gasteiger partial charge in [0.15, 0.2) is 5.82 Å². The summed E-state index contributed by atoms with van der Waals surface area (Å²) >= 11 is 1.83. The molecule has 0 spiro atoms. The summed E-state index contributed by atoms with van der Waals surface area (Å²) in [5.41, 5.74) is 1.48. The Morgan fingerprint density at radius 1 is 1.16 bits per heavy atom. The monoisotopic (exact) mass is 438 g/mol. The van der Waals surface area contributed by atoms with Gasteiger partial charge < -0.3 is 10.0 Å². The lowest BCUT2D eigenvalue weighted by Gasteiger charge is -2.42. The fourth-order valence-electron chi connectivity index (χ4n) is 4.91. The zero-order valence-corrected chi connectivity index (χ0v) is 19.3. The Balaban J connectivity index is 1.57. The number of aryl methyl sites for hydroxylation is 2. The quantitative estimate of drug-likeness (QED) is 0.669. The second kappa shape index (κ2) is 8.07. The van der Waals surface area contributed by atoms with Gasteiger partial charge in [0, 0.05) is 49.5 Å². The number of anilines is 1. The Morgan fingerprint density at radius 3 is 2.74 bits per heavy atom. The summed E-state index contributed by atoms with van der Waals surface area (Å²) in [6, 6.07) is 0.294. The fraction of sp³-hybridized carbons (Fsp3) is 0.565. The van der Waals surface area contributed by atoms with E-state index >= 15 is 0 Å². The third kappa shape index (κ3) is 4.16. The van der Waals surface area contributed by atoms with Crippen molar-refractivity contribution in [2.45, 2.75) is 58.1 Å². The van der Waals surface area contributed by atoms with Gasteiger partial charge in [0.25, 0.3) is 0 Å². The summed E-state index contributed by atoms with van der Waals surface area (Å²) in [5.74, 6) is 1.70. The molecule has 1 N–H and O–H groups in total. The van der Waals surface area contributed by atoms with Crippen LogP contribution in [0.2, 0.25) is 0 Å². The zero-order chi connectivity index (χ0) is 21.6. The highest BCUT2D eigenvalue weighted by atomic mass is 32.1. The van der Waals surface area contributed by atoms with Crippen molar-refractivity contribution in [2.24, 2.45) is 0 Å². The number of rotatable bonds is 4. The lowest BCUT2D eigenvalue weighted by atomic mass is 9.96. The second-order valence-electron chi connectivity index (χ2n) is 9.44. The minimum Gasteiger partial charge on any atom is -0.389 e. The molecule has 7 nitrogen and oxygen atoms in total. The Morgan fingerprint density at radius 2 is 2.00 bits per heavy atom. The number of hydrogen-bond acceptors (Lipinski definition) is 8. The first-order valence-electron chi connectivity index (χ1n) is 11.2. The number of aliphatic hydroxyl groups is 1. The molecule has 1 atom stereocenters. The Hall–Kier alpha value is -2.16. The molecule has 0 amide bonds. The summed E-state index contributed by atoms with van der Waals surface area (Å²) in [6.07, 6.45) is 9.86. The molecule has 1 unspecified atom stereocenters. The maximum absolute atomic E-state index is 10.3. The van der Waals surface area contributed by atoms with Gasteiger partial charge in [-0.25, -0.2) is 15.0 Å². The van der Waals surface area contributed by atoms with Crippen molar-refractivity contribution in [3.63, 3.8) is 0 Å². The van der Waals surface area contributed by atoms with E-state index in [-0.39, 0.29) is 0 Å². The predicted molar refractivity (Wildman–Crippen MR) is 125 cm³/mol. The smallest absolute Gasteiger partial charge is 0.183 e. The van der Waals surface area contributed by atoms with Crippen LogP contribution >= 0.6 is 11.3 Å². The number of piperazine rings is 1. The van der Waals surface area contributed by atoms with E-state index in [0.29, 0.717) is 24.1 Å². The highest BCUT2D eigenvalue weighted by Gasteiger charge is 2.31. The van der Waals surface area contributed by atoms with Gasteiger partial charge in [-0.2, -0.15) is 0 Å². The summed E-state index contributed by atoms with van der Waals surface area (Å²) in [7, 11) is 0. The average molecular weight is 439 g/mol. The number of thiophene rings is 1. The minimum atomic E-state index is -0.685. The number of aromatic nitrogens is 4. The standard InChI is InChI=1S/C23H30N6OS/c1-15-13-28(14-23(2,3)30)10-11-29(15)21-19-16-6-4-5-7-18(16)31-22(19)27-20(26-21)17-12-24-8-9-25-17/h8-9,12,15,30H,4-7,10-11,13-14H2,1-3H3. The van der Waals surface area contributed by atoms with E-state index in [4.69, 9.17) is 9.97 Å². The number of nitrogens with zero attached hydrogens (tertiary/aromatic N) is 6. The van der Waals surface area contributed by atoms with Crippen molar-refractivity contribution >= 4 is 27.4 Å². The maximum Gasteiger partial charge on any atom is 0.183 e. The van der Waals surface area contributed by atoms with E-state index in [2.05, 4.69) is 26.7 Å². The van der Waals surface area contributed by atoms with Gasteiger partial charge in [0.05, 0.1) is 17.2 Å². The van der Waals surface area contributed by atoms with Gasteiger partial charge in [-0.05, 0) is 52.0 Å². The Kier molecular flexibility index (Phi) is 5.40. The molecule has 5 rings (SSSR count). The summed E-state index contributed by atoms with van der Waals surface area (Å²) in [5, 5.41) is 11.5. The molecule has 4 heterocycles. The topological polar surface area (TPSA) is 78.3 Å². The Labute approximate surface area is 187 Å². The first-order chi connectivity index (χ1) is 14.9. The maximum atomic E-state index is 10.3. The van der Waals surface area contributed by atoms with Crippen molar-refractivity contribution in [1.82, 2.24) is 24.8 Å². The van der Waals surface area contributed by atoms with Crippen molar-refractivity contribution in [1.29, 1.82) is 0 Å². The number of fused-ring (bicyclic) bond motifs is 3. The van der Waals surface area contributed by atoms with Crippen LogP contribution in [0.25, 0.3) is 21.7 Å². The first kappa shape index (κ1) is 20.7. The molecule has 1 fully saturated rings. The molecular weight excluding hydrogens is 408 g/mol. The normalized spacial score (nSPS) is 20.3. The minimum absolute atomic E-state index is 0.294. The van der Waals surface area contributed by atoms with Crippen molar-refractivity contribution in [2.75, 3.05) is 31.1 Å². The van der Waals surface area contributed by atoms with Crippen LogP contribution in [0.4, 0.5) is 5.82 Å². The van der Waals surface area contributed by atoms with Crippen LogP contribution in [0.5, 0.6) is 0 Å². The lowest BCUT2D eigenvalue weighted by Crippen LogP contribution is -2.55. The van der Waals surface area contributed by atoms with Gasteiger partial charge >= 0.3 is 0 Å².